The van der Waals surface area contributed by atoms with Crippen molar-refractivity contribution in [3.05, 3.63) is 42.5 Å². The van der Waals surface area contributed by atoms with Crippen LogP contribution >= 0.6 is 0 Å². The summed E-state index contributed by atoms with van der Waals surface area (Å²) in [5.74, 6) is -2.50. The van der Waals surface area contributed by atoms with Gasteiger partial charge in [-0.2, -0.15) is 0 Å². The van der Waals surface area contributed by atoms with E-state index in [1.54, 1.807) is 4.72 Å². The topological polar surface area (TPSA) is 107 Å². The number of hydrogen-bond donors (Lipinski definition) is 1. The molecule has 1 aromatic carbocycles. The first-order chi connectivity index (χ1) is 11.6. The van der Waals surface area contributed by atoms with Crippen molar-refractivity contribution in [2.75, 3.05) is 7.11 Å². The van der Waals surface area contributed by atoms with E-state index >= 15 is 0 Å². The monoisotopic (exact) mass is 377 g/mol. The SMILES string of the molecule is COc1cnc(C(=O)NS(=O)(=O)c2ccccc2OC(F)(F)F)nc1. The molecule has 1 heterocycles. The lowest BCUT2D eigenvalue weighted by Gasteiger charge is -2.13. The maximum atomic E-state index is 12.4. The number of carbonyl (C=O) groups excluding carboxylic acids is 1. The normalized spacial score (nSPS) is 11.7. The van der Waals surface area contributed by atoms with Crippen LogP contribution in [0.1, 0.15) is 10.6 Å². The average molecular weight is 377 g/mol. The average Bonchev–Trinajstić information content (AvgIpc) is 2.53. The standard InChI is InChI=1S/C13H10F3N3O5S/c1-23-8-6-17-11(18-7-8)12(20)19-25(21,22)10-5-3-2-4-9(10)24-13(14,15)16/h2-7H,1H3,(H,19,20). The van der Waals surface area contributed by atoms with Gasteiger partial charge in [-0.15, -0.1) is 13.2 Å². The van der Waals surface area contributed by atoms with Crippen molar-refractivity contribution < 1.29 is 35.9 Å². The van der Waals surface area contributed by atoms with E-state index in [1.807, 2.05) is 0 Å². The molecule has 2 rings (SSSR count). The second-order valence-electron chi connectivity index (χ2n) is 4.38. The molecular weight excluding hydrogens is 367 g/mol. The van der Waals surface area contributed by atoms with Crippen LogP contribution < -0.4 is 14.2 Å². The molecule has 25 heavy (non-hydrogen) atoms. The van der Waals surface area contributed by atoms with Crippen molar-refractivity contribution in [1.29, 1.82) is 0 Å². The number of ether oxygens (including phenoxy) is 2. The summed E-state index contributed by atoms with van der Waals surface area (Å²) < 4.78 is 71.5. The highest BCUT2D eigenvalue weighted by Crippen LogP contribution is 2.29. The molecule has 0 bridgehead atoms. The van der Waals surface area contributed by atoms with Gasteiger partial charge in [0.15, 0.2) is 5.75 Å². The Bertz CT molecular complexity index is 869. The Hall–Kier alpha value is -2.89. The summed E-state index contributed by atoms with van der Waals surface area (Å²) in [6.45, 7) is 0. The summed E-state index contributed by atoms with van der Waals surface area (Å²) in [6, 6.07) is 3.97. The molecule has 0 atom stereocenters. The number of aromatic nitrogens is 2. The third-order valence-corrected chi connectivity index (χ3v) is 4.03. The van der Waals surface area contributed by atoms with Crippen LogP contribution in [0.25, 0.3) is 0 Å². The number of methoxy groups -OCH3 is 1. The number of benzene rings is 1. The number of amides is 1. The number of nitrogens with one attached hydrogen (secondary N) is 1. The lowest BCUT2D eigenvalue weighted by Crippen LogP contribution is -2.32. The Kier molecular flexibility index (Phi) is 5.11. The van der Waals surface area contributed by atoms with Crippen LogP contribution in [0, 0.1) is 0 Å². The predicted octanol–water partition coefficient (Wildman–Crippen LogP) is 1.50. The zero-order chi connectivity index (χ0) is 18.7. The minimum Gasteiger partial charge on any atom is -0.494 e. The first-order valence-electron chi connectivity index (χ1n) is 6.40. The maximum Gasteiger partial charge on any atom is 0.573 e. The second-order valence-corrected chi connectivity index (χ2v) is 6.03. The van der Waals surface area contributed by atoms with Gasteiger partial charge in [0.1, 0.15) is 10.6 Å². The Morgan fingerprint density at radius 2 is 1.76 bits per heavy atom. The molecule has 0 radical (unpaired) electrons. The van der Waals surface area contributed by atoms with E-state index in [0.717, 1.165) is 30.6 Å². The molecule has 12 heteroatoms. The fraction of sp³-hybridized carbons (Fsp3) is 0.154. The summed E-state index contributed by atoms with van der Waals surface area (Å²) in [5.41, 5.74) is 0. The van der Waals surface area contributed by atoms with Gasteiger partial charge in [-0.1, -0.05) is 12.1 Å². The maximum absolute atomic E-state index is 12.4. The molecular formula is C13H10F3N3O5S. The van der Waals surface area contributed by atoms with Crippen molar-refractivity contribution in [2.24, 2.45) is 0 Å². The number of sulfonamides is 1. The highest BCUT2D eigenvalue weighted by molar-refractivity contribution is 7.90. The molecule has 0 aliphatic heterocycles. The molecule has 0 unspecified atom stereocenters. The number of nitrogens with zero attached hydrogens (tertiary/aromatic N) is 2. The van der Waals surface area contributed by atoms with Gasteiger partial charge in [0.2, 0.25) is 5.82 Å². The van der Waals surface area contributed by atoms with Gasteiger partial charge in [0.25, 0.3) is 10.0 Å². The summed E-state index contributed by atoms with van der Waals surface area (Å²) in [5, 5.41) is 0. The second kappa shape index (κ2) is 6.93. The minimum atomic E-state index is -5.10. The van der Waals surface area contributed by atoms with Gasteiger partial charge >= 0.3 is 12.3 Å². The summed E-state index contributed by atoms with van der Waals surface area (Å²) in [4.78, 5) is 18.2. The van der Waals surface area contributed by atoms with Crippen LogP contribution in [-0.2, 0) is 10.0 Å². The van der Waals surface area contributed by atoms with E-state index in [2.05, 4.69) is 14.7 Å². The Balaban J connectivity index is 2.28. The fourth-order valence-corrected chi connectivity index (χ4v) is 2.72. The molecule has 134 valence electrons. The number of hydrogen-bond acceptors (Lipinski definition) is 7. The van der Waals surface area contributed by atoms with E-state index in [9.17, 15) is 26.4 Å². The number of rotatable bonds is 5. The van der Waals surface area contributed by atoms with Gasteiger partial charge in [-0.05, 0) is 12.1 Å². The fourth-order valence-electron chi connectivity index (χ4n) is 1.64. The third kappa shape index (κ3) is 4.79. The van der Waals surface area contributed by atoms with E-state index in [4.69, 9.17) is 4.74 Å². The highest BCUT2D eigenvalue weighted by atomic mass is 32.2. The molecule has 0 aliphatic rings. The van der Waals surface area contributed by atoms with Crippen molar-refractivity contribution in [3.63, 3.8) is 0 Å². The zero-order valence-electron chi connectivity index (χ0n) is 12.4. The van der Waals surface area contributed by atoms with Gasteiger partial charge in [0.05, 0.1) is 19.5 Å². The van der Waals surface area contributed by atoms with Crippen LogP contribution in [0.4, 0.5) is 13.2 Å². The highest BCUT2D eigenvalue weighted by Gasteiger charge is 2.34. The van der Waals surface area contributed by atoms with E-state index < -0.39 is 38.8 Å². The number of carbonyl (C=O) groups is 1. The number of alkyl halides is 3. The minimum absolute atomic E-state index is 0.225. The molecule has 0 saturated heterocycles. The van der Waals surface area contributed by atoms with Gasteiger partial charge in [0, 0.05) is 0 Å². The molecule has 0 spiro atoms. The van der Waals surface area contributed by atoms with Crippen LogP contribution in [0.2, 0.25) is 0 Å². The number of halogens is 3. The first-order valence-corrected chi connectivity index (χ1v) is 7.88. The van der Waals surface area contributed by atoms with E-state index in [1.165, 1.54) is 13.2 Å². The summed E-state index contributed by atoms with van der Waals surface area (Å²) in [6.07, 6.45) is -2.86. The molecule has 1 aromatic heterocycles. The molecule has 8 nitrogen and oxygen atoms in total. The van der Waals surface area contributed by atoms with Crippen LogP contribution in [0.15, 0.2) is 41.6 Å². The molecule has 2 aromatic rings. The van der Waals surface area contributed by atoms with Gasteiger partial charge in [-0.25, -0.2) is 23.1 Å². The summed E-state index contributed by atoms with van der Waals surface area (Å²) >= 11 is 0. The molecule has 1 amide bonds. The van der Waals surface area contributed by atoms with Crippen molar-refractivity contribution in [3.8, 4) is 11.5 Å². The number of para-hydroxylation sites is 1. The first kappa shape index (κ1) is 18.4. The lowest BCUT2D eigenvalue weighted by atomic mass is 10.3. The third-order valence-electron chi connectivity index (χ3n) is 2.66. The van der Waals surface area contributed by atoms with Crippen LogP contribution in [0.5, 0.6) is 11.5 Å². The van der Waals surface area contributed by atoms with Gasteiger partial charge < -0.3 is 9.47 Å². The van der Waals surface area contributed by atoms with Crippen molar-refractivity contribution in [1.82, 2.24) is 14.7 Å². The Labute approximate surface area is 139 Å². The van der Waals surface area contributed by atoms with E-state index in [0.29, 0.717) is 0 Å². The quantitative estimate of drug-likeness (QED) is 0.841. The van der Waals surface area contributed by atoms with Crippen molar-refractivity contribution in [2.45, 2.75) is 11.3 Å². The van der Waals surface area contributed by atoms with Gasteiger partial charge in [-0.3, -0.25) is 4.79 Å². The van der Waals surface area contributed by atoms with Crippen LogP contribution in [0.3, 0.4) is 0 Å². The molecule has 0 aliphatic carbocycles. The Morgan fingerprint density at radius 1 is 1.16 bits per heavy atom. The van der Waals surface area contributed by atoms with Crippen molar-refractivity contribution >= 4 is 15.9 Å². The summed E-state index contributed by atoms with van der Waals surface area (Å²) in [7, 11) is -3.33. The zero-order valence-corrected chi connectivity index (χ0v) is 13.3. The smallest absolute Gasteiger partial charge is 0.494 e. The lowest BCUT2D eigenvalue weighted by molar-refractivity contribution is -0.275. The molecule has 0 fully saturated rings. The molecule has 1 N–H and O–H groups in total. The van der Waals surface area contributed by atoms with E-state index in [-0.39, 0.29) is 5.75 Å². The van der Waals surface area contributed by atoms with Crippen LogP contribution in [-0.4, -0.2) is 37.8 Å². The Morgan fingerprint density at radius 3 is 2.32 bits per heavy atom. The molecule has 0 saturated carbocycles. The largest absolute Gasteiger partial charge is 0.573 e. The predicted molar refractivity (Wildman–Crippen MR) is 76.4 cm³/mol.